The number of carbonyl (C=O) groups is 1. The molecule has 0 aliphatic rings. The summed E-state index contributed by atoms with van der Waals surface area (Å²) in [7, 11) is 0. The van der Waals surface area contributed by atoms with Gasteiger partial charge in [-0.15, -0.1) is 0 Å². The number of aromatic nitrogens is 2. The molecule has 5 heteroatoms. The van der Waals surface area contributed by atoms with Gasteiger partial charge in [-0.1, -0.05) is 42.5 Å². The number of carbonyl (C=O) groups excluding carboxylic acids is 1. The van der Waals surface area contributed by atoms with E-state index in [-0.39, 0.29) is 11.9 Å². The summed E-state index contributed by atoms with van der Waals surface area (Å²) in [5.41, 5.74) is 3.21. The second kappa shape index (κ2) is 8.97. The molecule has 0 fully saturated rings. The highest BCUT2D eigenvalue weighted by molar-refractivity contribution is 5.76. The highest BCUT2D eigenvalue weighted by Crippen LogP contribution is 2.15. The van der Waals surface area contributed by atoms with E-state index in [2.05, 4.69) is 10.3 Å². The summed E-state index contributed by atoms with van der Waals surface area (Å²) in [6.07, 6.45) is 5.76. The maximum atomic E-state index is 12.1. The van der Waals surface area contributed by atoms with Crippen molar-refractivity contribution in [3.63, 3.8) is 0 Å². The van der Waals surface area contributed by atoms with Gasteiger partial charge in [-0.3, -0.25) is 4.79 Å². The number of hydrogen-bond donors (Lipinski definition) is 1. The first kappa shape index (κ1) is 17.9. The Morgan fingerprint density at radius 2 is 1.92 bits per heavy atom. The summed E-state index contributed by atoms with van der Waals surface area (Å²) in [4.78, 5) is 16.1. The van der Waals surface area contributed by atoms with Crippen molar-refractivity contribution in [1.82, 2.24) is 14.9 Å². The fraction of sp³-hybridized carbons (Fsp3) is 0.238. The predicted octanol–water partition coefficient (Wildman–Crippen LogP) is 3.66. The molecule has 1 atom stereocenters. The number of benzene rings is 2. The van der Waals surface area contributed by atoms with Crippen molar-refractivity contribution in [3.05, 3.63) is 84.4 Å². The number of ether oxygens (including phenoxy) is 1. The molecular formula is C21H23N3O2. The van der Waals surface area contributed by atoms with Gasteiger partial charge in [0.15, 0.2) is 0 Å². The van der Waals surface area contributed by atoms with E-state index >= 15 is 0 Å². The minimum atomic E-state index is -0.0477. The van der Waals surface area contributed by atoms with Gasteiger partial charge in [0.2, 0.25) is 5.91 Å². The van der Waals surface area contributed by atoms with Crippen molar-refractivity contribution in [1.29, 1.82) is 0 Å². The summed E-state index contributed by atoms with van der Waals surface area (Å²) in [6.45, 7) is 2.92. The van der Waals surface area contributed by atoms with Crippen LogP contribution in [0.5, 0.6) is 0 Å². The molecule has 0 aliphatic carbocycles. The van der Waals surface area contributed by atoms with Crippen LogP contribution >= 0.6 is 0 Å². The van der Waals surface area contributed by atoms with Gasteiger partial charge in [0.25, 0.3) is 0 Å². The summed E-state index contributed by atoms with van der Waals surface area (Å²) in [5.74, 6) is -0.00996. The summed E-state index contributed by atoms with van der Waals surface area (Å²) < 4.78 is 7.51. The number of nitrogens with one attached hydrogen (secondary N) is 1. The quantitative estimate of drug-likeness (QED) is 0.632. The Hall–Kier alpha value is -2.92. The average molecular weight is 349 g/mol. The minimum Gasteiger partial charge on any atom is -0.376 e. The third-order valence-electron chi connectivity index (χ3n) is 4.16. The second-order valence-corrected chi connectivity index (χ2v) is 6.14. The molecule has 0 saturated carbocycles. The average Bonchev–Trinajstić information content (AvgIpc) is 3.21. The van der Waals surface area contributed by atoms with Gasteiger partial charge in [-0.25, -0.2) is 4.98 Å². The van der Waals surface area contributed by atoms with Crippen molar-refractivity contribution in [2.24, 2.45) is 0 Å². The molecule has 0 radical (unpaired) electrons. The molecule has 3 rings (SSSR count). The van der Waals surface area contributed by atoms with Crippen molar-refractivity contribution < 1.29 is 9.53 Å². The van der Waals surface area contributed by atoms with Crippen molar-refractivity contribution in [3.8, 4) is 5.69 Å². The minimum absolute atomic E-state index is 0.00996. The Morgan fingerprint density at radius 1 is 1.15 bits per heavy atom. The number of imidazole rings is 1. The predicted molar refractivity (Wildman–Crippen MR) is 101 cm³/mol. The lowest BCUT2D eigenvalue weighted by Gasteiger charge is -2.15. The molecule has 3 aromatic rings. The van der Waals surface area contributed by atoms with Crippen LogP contribution < -0.4 is 5.32 Å². The first-order valence-corrected chi connectivity index (χ1v) is 8.72. The van der Waals surface area contributed by atoms with Crippen LogP contribution in [0, 0.1) is 0 Å². The van der Waals surface area contributed by atoms with E-state index in [0.717, 1.165) is 16.8 Å². The number of rotatable bonds is 8. The van der Waals surface area contributed by atoms with Gasteiger partial charge in [0, 0.05) is 24.5 Å². The molecule has 1 aromatic heterocycles. The zero-order valence-corrected chi connectivity index (χ0v) is 14.8. The molecule has 5 nitrogen and oxygen atoms in total. The largest absolute Gasteiger partial charge is 0.376 e. The Kier molecular flexibility index (Phi) is 6.17. The van der Waals surface area contributed by atoms with Crippen LogP contribution in [0.15, 0.2) is 73.3 Å². The van der Waals surface area contributed by atoms with Crippen LogP contribution in [0.3, 0.4) is 0 Å². The standard InChI is InChI=1S/C21H23N3O2/c1-17(19-7-9-20(10-8-19)24-13-12-22-16-24)23-21(25)11-14-26-15-18-5-3-2-4-6-18/h2-10,12-13,16-17H,11,14-15H2,1H3,(H,23,25)/t17-/m0/s1. The van der Waals surface area contributed by atoms with Crippen LogP contribution in [-0.2, 0) is 16.1 Å². The highest BCUT2D eigenvalue weighted by atomic mass is 16.5. The van der Waals surface area contributed by atoms with Crippen LogP contribution in [0.2, 0.25) is 0 Å². The highest BCUT2D eigenvalue weighted by Gasteiger charge is 2.09. The Morgan fingerprint density at radius 3 is 2.62 bits per heavy atom. The molecule has 0 spiro atoms. The molecular weight excluding hydrogens is 326 g/mol. The SMILES string of the molecule is C[C@H](NC(=O)CCOCc1ccccc1)c1ccc(-n2ccnc2)cc1. The number of nitrogens with zero attached hydrogens (tertiary/aromatic N) is 2. The fourth-order valence-electron chi connectivity index (χ4n) is 2.67. The summed E-state index contributed by atoms with van der Waals surface area (Å²) in [5, 5.41) is 3.01. The van der Waals surface area contributed by atoms with E-state index in [1.807, 2.05) is 72.3 Å². The normalized spacial score (nSPS) is 11.9. The van der Waals surface area contributed by atoms with E-state index < -0.39 is 0 Å². The first-order valence-electron chi connectivity index (χ1n) is 8.72. The zero-order valence-electron chi connectivity index (χ0n) is 14.8. The lowest BCUT2D eigenvalue weighted by Crippen LogP contribution is -2.27. The fourth-order valence-corrected chi connectivity index (χ4v) is 2.67. The van der Waals surface area contributed by atoms with Gasteiger partial charge >= 0.3 is 0 Å². The maximum absolute atomic E-state index is 12.1. The van der Waals surface area contributed by atoms with Gasteiger partial charge < -0.3 is 14.6 Å². The Bertz CT molecular complexity index is 799. The third-order valence-corrected chi connectivity index (χ3v) is 4.16. The van der Waals surface area contributed by atoms with Gasteiger partial charge in [0.1, 0.15) is 0 Å². The van der Waals surface area contributed by atoms with Gasteiger partial charge in [0.05, 0.1) is 25.6 Å². The molecule has 0 bridgehead atoms. The van der Waals surface area contributed by atoms with Crippen LogP contribution in [0.4, 0.5) is 0 Å². The molecule has 1 amide bonds. The molecule has 1 heterocycles. The van der Waals surface area contributed by atoms with Crippen LogP contribution in [0.1, 0.15) is 30.5 Å². The number of amides is 1. The number of hydrogen-bond acceptors (Lipinski definition) is 3. The molecule has 1 N–H and O–H groups in total. The Balaban J connectivity index is 1.42. The monoisotopic (exact) mass is 349 g/mol. The van der Waals surface area contributed by atoms with E-state index in [9.17, 15) is 4.79 Å². The lowest BCUT2D eigenvalue weighted by molar-refractivity contribution is -0.122. The van der Waals surface area contributed by atoms with Crippen molar-refractivity contribution >= 4 is 5.91 Å². The van der Waals surface area contributed by atoms with E-state index in [4.69, 9.17) is 4.74 Å². The Labute approximate surface area is 153 Å². The zero-order chi connectivity index (χ0) is 18.2. The molecule has 0 saturated heterocycles. The van der Waals surface area contributed by atoms with Gasteiger partial charge in [-0.2, -0.15) is 0 Å². The third kappa shape index (κ3) is 5.04. The summed E-state index contributed by atoms with van der Waals surface area (Å²) in [6, 6.07) is 18.0. The van der Waals surface area contributed by atoms with Crippen molar-refractivity contribution in [2.75, 3.05) is 6.61 Å². The smallest absolute Gasteiger partial charge is 0.222 e. The molecule has 0 unspecified atom stereocenters. The van der Waals surface area contributed by atoms with Gasteiger partial charge in [-0.05, 0) is 30.2 Å². The van der Waals surface area contributed by atoms with Crippen molar-refractivity contribution in [2.45, 2.75) is 26.0 Å². The van der Waals surface area contributed by atoms with Crippen LogP contribution in [0.25, 0.3) is 5.69 Å². The molecule has 134 valence electrons. The summed E-state index contributed by atoms with van der Waals surface area (Å²) >= 11 is 0. The lowest BCUT2D eigenvalue weighted by atomic mass is 10.1. The molecule has 26 heavy (non-hydrogen) atoms. The molecule has 0 aliphatic heterocycles. The first-order chi connectivity index (χ1) is 12.7. The maximum Gasteiger partial charge on any atom is 0.222 e. The topological polar surface area (TPSA) is 56.1 Å². The molecule has 2 aromatic carbocycles. The van der Waals surface area contributed by atoms with E-state index in [1.165, 1.54) is 0 Å². The second-order valence-electron chi connectivity index (χ2n) is 6.14. The van der Waals surface area contributed by atoms with E-state index in [0.29, 0.717) is 19.6 Å². The van der Waals surface area contributed by atoms with Crippen LogP contribution in [-0.4, -0.2) is 22.1 Å². The van der Waals surface area contributed by atoms with E-state index in [1.54, 1.807) is 12.5 Å².